The molecule has 0 unspecified atom stereocenters. The summed E-state index contributed by atoms with van der Waals surface area (Å²) in [5.74, 6) is 0.375. The molecule has 0 bridgehead atoms. The minimum Gasteiger partial charge on any atom is -0.466 e. The lowest BCUT2D eigenvalue weighted by molar-refractivity contribution is 0.0860. The first-order valence-corrected chi connectivity index (χ1v) is 4.90. The smallest absolute Gasteiger partial charge is 0.327 e. The van der Waals surface area contributed by atoms with Gasteiger partial charge in [-0.05, 0) is 12.1 Å². The van der Waals surface area contributed by atoms with Crippen LogP contribution in [0.25, 0.3) is 0 Å². The molecular formula is C10H11O2S. The summed E-state index contributed by atoms with van der Waals surface area (Å²) >= 11 is 1.61. The average molecular weight is 195 g/mol. The van der Waals surface area contributed by atoms with Crippen molar-refractivity contribution < 1.29 is 9.84 Å². The Morgan fingerprint density at radius 2 is 2.15 bits per heavy atom. The van der Waals surface area contributed by atoms with Crippen LogP contribution in [0.15, 0.2) is 47.2 Å². The van der Waals surface area contributed by atoms with Crippen LogP contribution in [0, 0.1) is 0 Å². The molecule has 1 aromatic carbocycles. The fraction of sp³-hybridized carbons (Fsp3) is 0.200. The first-order valence-electron chi connectivity index (χ1n) is 3.92. The van der Waals surface area contributed by atoms with Gasteiger partial charge in [0.15, 0.2) is 0 Å². The monoisotopic (exact) mass is 195 g/mol. The summed E-state index contributed by atoms with van der Waals surface area (Å²) in [7, 11) is 1.38. The van der Waals surface area contributed by atoms with E-state index in [9.17, 15) is 5.11 Å². The van der Waals surface area contributed by atoms with E-state index < -0.39 is 0 Å². The van der Waals surface area contributed by atoms with Crippen molar-refractivity contribution in [2.24, 2.45) is 0 Å². The molecule has 69 valence electrons. The van der Waals surface area contributed by atoms with Crippen molar-refractivity contribution in [3.05, 3.63) is 42.4 Å². The Hall–Kier alpha value is -1.09. The topological polar surface area (TPSA) is 29.1 Å². The number of rotatable bonds is 4. The number of hydrogen-bond acceptors (Lipinski definition) is 2. The van der Waals surface area contributed by atoms with Gasteiger partial charge in [0.1, 0.15) is 0 Å². The highest BCUT2D eigenvalue weighted by Crippen LogP contribution is 2.17. The van der Waals surface area contributed by atoms with Crippen LogP contribution in [0.5, 0.6) is 0 Å². The first kappa shape index (κ1) is 9.99. The maximum Gasteiger partial charge on any atom is 0.327 e. The Labute approximate surface area is 82.2 Å². The highest BCUT2D eigenvalue weighted by Gasteiger charge is 1.93. The van der Waals surface area contributed by atoms with E-state index in [1.807, 2.05) is 30.3 Å². The van der Waals surface area contributed by atoms with E-state index in [-0.39, 0.29) is 5.95 Å². The molecule has 13 heavy (non-hydrogen) atoms. The predicted molar refractivity (Wildman–Crippen MR) is 52.9 cm³/mol. The summed E-state index contributed by atoms with van der Waals surface area (Å²) in [6.07, 6.45) is 1.53. The van der Waals surface area contributed by atoms with E-state index in [0.717, 1.165) is 4.90 Å². The Morgan fingerprint density at radius 1 is 1.46 bits per heavy atom. The molecular weight excluding hydrogens is 184 g/mol. The molecule has 1 rings (SSSR count). The van der Waals surface area contributed by atoms with E-state index >= 15 is 0 Å². The van der Waals surface area contributed by atoms with Crippen molar-refractivity contribution in [1.82, 2.24) is 0 Å². The normalized spacial score (nSPS) is 11.3. The SMILES string of the molecule is COC([O])=CCSc1ccccc1. The molecule has 0 N–H and O–H groups in total. The lowest BCUT2D eigenvalue weighted by Crippen LogP contribution is -1.82. The molecule has 0 fully saturated rings. The molecule has 0 aromatic heterocycles. The molecule has 3 heteroatoms. The van der Waals surface area contributed by atoms with Gasteiger partial charge in [-0.1, -0.05) is 18.2 Å². The number of hydrogen-bond donors (Lipinski definition) is 0. The largest absolute Gasteiger partial charge is 0.466 e. The predicted octanol–water partition coefficient (Wildman–Crippen LogP) is 2.70. The van der Waals surface area contributed by atoms with Gasteiger partial charge in [-0.2, -0.15) is 0 Å². The molecule has 0 atom stereocenters. The zero-order valence-electron chi connectivity index (χ0n) is 7.40. The summed E-state index contributed by atoms with van der Waals surface area (Å²) in [5.41, 5.74) is 0. The molecule has 0 aliphatic rings. The van der Waals surface area contributed by atoms with Crippen molar-refractivity contribution >= 4 is 11.8 Å². The van der Waals surface area contributed by atoms with E-state index in [1.165, 1.54) is 13.2 Å². The minimum absolute atomic E-state index is 0.275. The molecule has 1 radical (unpaired) electrons. The fourth-order valence-corrected chi connectivity index (χ4v) is 1.57. The van der Waals surface area contributed by atoms with E-state index in [0.29, 0.717) is 5.75 Å². The van der Waals surface area contributed by atoms with E-state index in [2.05, 4.69) is 4.74 Å². The zero-order chi connectivity index (χ0) is 9.52. The van der Waals surface area contributed by atoms with Crippen LogP contribution in [0.2, 0.25) is 0 Å². The molecule has 0 spiro atoms. The summed E-state index contributed by atoms with van der Waals surface area (Å²) in [6.45, 7) is 0. The number of methoxy groups -OCH3 is 1. The average Bonchev–Trinajstić information content (AvgIpc) is 2.19. The molecule has 0 amide bonds. The molecule has 0 aliphatic carbocycles. The van der Waals surface area contributed by atoms with Crippen molar-refractivity contribution in [2.45, 2.75) is 4.90 Å². The Bertz CT molecular complexity index is 270. The van der Waals surface area contributed by atoms with Crippen molar-refractivity contribution in [3.63, 3.8) is 0 Å². The van der Waals surface area contributed by atoms with Crippen LogP contribution in [0.1, 0.15) is 0 Å². The number of thioether (sulfide) groups is 1. The third-order valence-corrected chi connectivity index (χ3v) is 2.38. The molecule has 0 saturated carbocycles. The minimum atomic E-state index is -0.275. The molecule has 0 saturated heterocycles. The standard InChI is InChI=1S/C10H11O2S/c1-12-10(11)7-8-13-9-5-3-2-4-6-9/h2-7H,8H2,1H3. The maximum atomic E-state index is 10.7. The lowest BCUT2D eigenvalue weighted by Gasteiger charge is -1.96. The highest BCUT2D eigenvalue weighted by molar-refractivity contribution is 7.99. The van der Waals surface area contributed by atoms with Crippen molar-refractivity contribution in [1.29, 1.82) is 0 Å². The van der Waals surface area contributed by atoms with Crippen LogP contribution in [-0.4, -0.2) is 12.9 Å². The van der Waals surface area contributed by atoms with Gasteiger partial charge in [0.2, 0.25) is 0 Å². The van der Waals surface area contributed by atoms with Crippen molar-refractivity contribution in [3.8, 4) is 0 Å². The molecule has 0 heterocycles. The van der Waals surface area contributed by atoms with Gasteiger partial charge < -0.3 is 4.74 Å². The van der Waals surface area contributed by atoms with Crippen LogP contribution in [0.3, 0.4) is 0 Å². The van der Waals surface area contributed by atoms with Crippen LogP contribution in [-0.2, 0) is 9.84 Å². The Balaban J connectivity index is 2.36. The number of benzene rings is 1. The van der Waals surface area contributed by atoms with Gasteiger partial charge in [-0.15, -0.1) is 11.8 Å². The van der Waals surface area contributed by atoms with Crippen LogP contribution >= 0.6 is 11.8 Å². The third-order valence-electron chi connectivity index (χ3n) is 1.44. The summed E-state index contributed by atoms with van der Waals surface area (Å²) in [6, 6.07) is 9.93. The molecule has 1 aromatic rings. The van der Waals surface area contributed by atoms with Gasteiger partial charge in [0, 0.05) is 16.7 Å². The van der Waals surface area contributed by atoms with Gasteiger partial charge >= 0.3 is 5.95 Å². The Kier molecular flexibility index (Phi) is 4.26. The Morgan fingerprint density at radius 3 is 2.77 bits per heavy atom. The van der Waals surface area contributed by atoms with Crippen molar-refractivity contribution in [2.75, 3.05) is 12.9 Å². The van der Waals surface area contributed by atoms with Gasteiger partial charge in [-0.25, -0.2) is 5.11 Å². The quantitative estimate of drug-likeness (QED) is 0.546. The van der Waals surface area contributed by atoms with E-state index in [1.54, 1.807) is 11.8 Å². The summed E-state index contributed by atoms with van der Waals surface area (Å²) in [4.78, 5) is 1.16. The molecule has 2 nitrogen and oxygen atoms in total. The second-order valence-electron chi connectivity index (χ2n) is 2.35. The van der Waals surface area contributed by atoms with Crippen LogP contribution < -0.4 is 0 Å². The second kappa shape index (κ2) is 5.54. The van der Waals surface area contributed by atoms with E-state index in [4.69, 9.17) is 0 Å². The number of ether oxygens (including phenoxy) is 1. The maximum absolute atomic E-state index is 10.7. The molecule has 0 aliphatic heterocycles. The van der Waals surface area contributed by atoms with Gasteiger partial charge in [0.25, 0.3) is 0 Å². The first-order chi connectivity index (χ1) is 6.33. The zero-order valence-corrected chi connectivity index (χ0v) is 8.21. The van der Waals surface area contributed by atoms with Gasteiger partial charge in [-0.3, -0.25) is 0 Å². The lowest BCUT2D eigenvalue weighted by atomic mass is 10.4. The van der Waals surface area contributed by atoms with Crippen LogP contribution in [0.4, 0.5) is 0 Å². The van der Waals surface area contributed by atoms with Gasteiger partial charge in [0.05, 0.1) is 7.11 Å². The highest BCUT2D eigenvalue weighted by atomic mass is 32.2. The second-order valence-corrected chi connectivity index (χ2v) is 3.44. The fourth-order valence-electron chi connectivity index (χ4n) is 0.806. The summed E-state index contributed by atoms with van der Waals surface area (Å²) in [5, 5.41) is 10.7. The third kappa shape index (κ3) is 3.90. The summed E-state index contributed by atoms with van der Waals surface area (Å²) < 4.78 is 4.48.